The van der Waals surface area contributed by atoms with E-state index in [2.05, 4.69) is 10.6 Å². The van der Waals surface area contributed by atoms with E-state index in [4.69, 9.17) is 0 Å². The third-order valence-electron chi connectivity index (χ3n) is 4.90. The summed E-state index contributed by atoms with van der Waals surface area (Å²) >= 11 is 0. The minimum absolute atomic E-state index is 0.150. The number of alkyl halides is 3. The van der Waals surface area contributed by atoms with Crippen LogP contribution in [-0.2, 0) is 15.8 Å². The van der Waals surface area contributed by atoms with Crippen LogP contribution < -0.4 is 10.6 Å². The number of nitrogens with one attached hydrogen (secondary N) is 2. The van der Waals surface area contributed by atoms with E-state index in [-0.39, 0.29) is 5.69 Å². The number of halogens is 3. The van der Waals surface area contributed by atoms with Gasteiger partial charge in [-0.2, -0.15) is 13.2 Å². The first-order valence-corrected chi connectivity index (χ1v) is 8.28. The van der Waals surface area contributed by atoms with Gasteiger partial charge in [0.2, 0.25) is 5.91 Å². The summed E-state index contributed by atoms with van der Waals surface area (Å²) in [6, 6.07) is 2.25. The molecule has 0 radical (unpaired) electrons. The second-order valence-electron chi connectivity index (χ2n) is 6.63. The van der Waals surface area contributed by atoms with Gasteiger partial charge in [0.15, 0.2) is 0 Å². The third-order valence-corrected chi connectivity index (χ3v) is 4.90. The lowest BCUT2D eigenvalue weighted by Gasteiger charge is -2.23. The molecule has 0 aromatic heterocycles. The van der Waals surface area contributed by atoms with Crippen molar-refractivity contribution in [1.82, 2.24) is 10.2 Å². The Bertz CT molecular complexity index is 740. The fraction of sp³-hybridized carbons (Fsp3) is 0.471. The summed E-state index contributed by atoms with van der Waals surface area (Å²) in [6.07, 6.45) is -1.73. The quantitative estimate of drug-likeness (QED) is 0.804. The average Bonchev–Trinajstić information content (AvgIpc) is 3.12. The van der Waals surface area contributed by atoms with Crippen molar-refractivity contribution in [2.75, 3.05) is 5.32 Å². The Morgan fingerprint density at radius 2 is 1.77 bits per heavy atom. The summed E-state index contributed by atoms with van der Waals surface area (Å²) in [4.78, 5) is 38.1. The minimum Gasteiger partial charge on any atom is -0.324 e. The van der Waals surface area contributed by atoms with E-state index < -0.39 is 41.2 Å². The topological polar surface area (TPSA) is 78.5 Å². The van der Waals surface area contributed by atoms with Crippen LogP contribution >= 0.6 is 0 Å². The number of imide groups is 1. The van der Waals surface area contributed by atoms with Crippen LogP contribution in [0.2, 0.25) is 0 Å². The zero-order valence-corrected chi connectivity index (χ0v) is 14.0. The first kappa shape index (κ1) is 18.2. The van der Waals surface area contributed by atoms with E-state index in [0.717, 1.165) is 42.0 Å². The molecule has 26 heavy (non-hydrogen) atoms. The predicted molar refractivity (Wildman–Crippen MR) is 86.1 cm³/mol. The maximum atomic E-state index is 12.6. The van der Waals surface area contributed by atoms with Gasteiger partial charge >= 0.3 is 12.2 Å². The van der Waals surface area contributed by atoms with Crippen LogP contribution in [0, 0.1) is 0 Å². The van der Waals surface area contributed by atoms with Gasteiger partial charge in [0.1, 0.15) is 11.6 Å². The molecule has 1 saturated carbocycles. The molecule has 1 aliphatic heterocycles. The Kier molecular flexibility index (Phi) is 4.41. The van der Waals surface area contributed by atoms with Crippen molar-refractivity contribution in [3.8, 4) is 0 Å². The molecule has 2 aliphatic rings. The number of amides is 4. The molecule has 9 heteroatoms. The van der Waals surface area contributed by atoms with Crippen molar-refractivity contribution >= 4 is 23.5 Å². The summed E-state index contributed by atoms with van der Waals surface area (Å²) in [6.45, 7) is 1.41. The molecule has 3 rings (SSSR count). The molecule has 6 nitrogen and oxygen atoms in total. The zero-order chi connectivity index (χ0) is 19.1. The third kappa shape index (κ3) is 3.13. The molecule has 1 saturated heterocycles. The van der Waals surface area contributed by atoms with Gasteiger partial charge in [-0.25, -0.2) is 9.69 Å². The normalized spacial score (nSPS) is 20.4. The first-order valence-electron chi connectivity index (χ1n) is 8.28. The van der Waals surface area contributed by atoms with Crippen LogP contribution in [0.4, 0.5) is 23.7 Å². The molecular weight excluding hydrogens is 351 g/mol. The maximum Gasteiger partial charge on any atom is 0.416 e. The monoisotopic (exact) mass is 369 g/mol. The lowest BCUT2D eigenvalue weighted by Crippen LogP contribution is -2.48. The highest BCUT2D eigenvalue weighted by Crippen LogP contribution is 2.36. The molecule has 2 fully saturated rings. The predicted octanol–water partition coefficient (Wildman–Crippen LogP) is 2.90. The van der Waals surface area contributed by atoms with Gasteiger partial charge in [-0.3, -0.25) is 9.59 Å². The number of carbonyl (C=O) groups is 3. The number of anilines is 1. The van der Waals surface area contributed by atoms with E-state index in [1.165, 1.54) is 6.92 Å². The summed E-state index contributed by atoms with van der Waals surface area (Å²) in [5.41, 5.74) is -1.60. The van der Waals surface area contributed by atoms with E-state index in [9.17, 15) is 27.6 Å². The van der Waals surface area contributed by atoms with Crippen LogP contribution in [-0.4, -0.2) is 34.3 Å². The van der Waals surface area contributed by atoms with E-state index in [1.807, 2.05) is 0 Å². The standard InChI is InChI=1S/C17H18F3N3O3/c1-10(23-14(25)16(22-15(23)26)8-2-3-9-16)13(24)21-12-6-4-11(5-7-12)17(18,19)20/h4-7,10H,2-3,8-9H2,1H3,(H,21,24)(H,22,26). The average molecular weight is 369 g/mol. The van der Waals surface area contributed by atoms with Crippen molar-refractivity contribution in [3.05, 3.63) is 29.8 Å². The van der Waals surface area contributed by atoms with E-state index >= 15 is 0 Å². The van der Waals surface area contributed by atoms with Gasteiger partial charge in [-0.1, -0.05) is 12.8 Å². The zero-order valence-electron chi connectivity index (χ0n) is 14.0. The van der Waals surface area contributed by atoms with Crippen LogP contribution in [0.3, 0.4) is 0 Å². The number of hydrogen-bond acceptors (Lipinski definition) is 3. The van der Waals surface area contributed by atoms with Crippen molar-refractivity contribution in [2.45, 2.75) is 50.4 Å². The molecule has 0 bridgehead atoms. The number of hydrogen-bond donors (Lipinski definition) is 2. The number of benzene rings is 1. The van der Waals surface area contributed by atoms with Crippen molar-refractivity contribution in [2.24, 2.45) is 0 Å². The Morgan fingerprint density at radius 1 is 1.19 bits per heavy atom. The number of rotatable bonds is 3. The second-order valence-corrected chi connectivity index (χ2v) is 6.63. The van der Waals surface area contributed by atoms with Crippen molar-refractivity contribution < 1.29 is 27.6 Å². The molecule has 1 aromatic rings. The highest BCUT2D eigenvalue weighted by Gasteiger charge is 2.54. The van der Waals surface area contributed by atoms with E-state index in [0.29, 0.717) is 12.8 Å². The fourth-order valence-electron chi connectivity index (χ4n) is 3.42. The lowest BCUT2D eigenvalue weighted by atomic mass is 9.97. The molecule has 140 valence electrons. The summed E-state index contributed by atoms with van der Waals surface area (Å²) in [5.74, 6) is -1.07. The molecule has 1 aromatic carbocycles. The van der Waals surface area contributed by atoms with Crippen molar-refractivity contribution in [3.63, 3.8) is 0 Å². The van der Waals surface area contributed by atoms with Crippen LogP contribution in [0.1, 0.15) is 38.2 Å². The lowest BCUT2D eigenvalue weighted by molar-refractivity contribution is -0.137. The summed E-state index contributed by atoms with van der Waals surface area (Å²) in [5, 5.41) is 5.12. The smallest absolute Gasteiger partial charge is 0.324 e. The highest BCUT2D eigenvalue weighted by atomic mass is 19.4. The van der Waals surface area contributed by atoms with Gasteiger partial charge in [-0.05, 0) is 44.0 Å². The Hall–Kier alpha value is -2.58. The van der Waals surface area contributed by atoms with Gasteiger partial charge in [0.25, 0.3) is 5.91 Å². The second kappa shape index (κ2) is 6.30. The minimum atomic E-state index is -4.47. The summed E-state index contributed by atoms with van der Waals surface area (Å²) in [7, 11) is 0. The van der Waals surface area contributed by atoms with Crippen LogP contribution in [0.5, 0.6) is 0 Å². The molecule has 1 atom stereocenters. The van der Waals surface area contributed by atoms with Crippen molar-refractivity contribution in [1.29, 1.82) is 0 Å². The number of nitrogens with zero attached hydrogens (tertiary/aromatic N) is 1. The highest BCUT2D eigenvalue weighted by molar-refractivity contribution is 6.11. The maximum absolute atomic E-state index is 12.6. The number of urea groups is 1. The molecular formula is C17H18F3N3O3. The van der Waals surface area contributed by atoms with Gasteiger partial charge in [-0.15, -0.1) is 0 Å². The SMILES string of the molecule is CC(C(=O)Nc1ccc(C(F)(F)F)cc1)N1C(=O)NC2(CCCC2)C1=O. The van der Waals surface area contributed by atoms with Gasteiger partial charge in [0, 0.05) is 5.69 Å². The van der Waals surface area contributed by atoms with Gasteiger partial charge in [0.05, 0.1) is 5.56 Å². The molecule has 1 heterocycles. The van der Waals surface area contributed by atoms with E-state index in [1.54, 1.807) is 0 Å². The molecule has 1 spiro atoms. The fourth-order valence-corrected chi connectivity index (χ4v) is 3.42. The molecule has 1 unspecified atom stereocenters. The molecule has 4 amide bonds. The summed E-state index contributed by atoms with van der Waals surface area (Å²) < 4.78 is 37.7. The van der Waals surface area contributed by atoms with Crippen LogP contribution in [0.15, 0.2) is 24.3 Å². The molecule has 1 aliphatic carbocycles. The molecule has 2 N–H and O–H groups in total. The largest absolute Gasteiger partial charge is 0.416 e. The van der Waals surface area contributed by atoms with Gasteiger partial charge < -0.3 is 10.6 Å². The Labute approximate surface area is 147 Å². The number of carbonyl (C=O) groups excluding carboxylic acids is 3. The Morgan fingerprint density at radius 3 is 2.31 bits per heavy atom. The first-order chi connectivity index (χ1) is 12.1. The Balaban J connectivity index is 1.70. The van der Waals surface area contributed by atoms with Crippen LogP contribution in [0.25, 0.3) is 0 Å².